The zero-order valence-corrected chi connectivity index (χ0v) is 14.3. The SMILES string of the molecule is CCc1cc(-c2ccccc2)c(S(C)(=O)=O)cc1C(=O)N=C(N)N. The minimum Gasteiger partial charge on any atom is -0.370 e. The van der Waals surface area contributed by atoms with Crippen molar-refractivity contribution in [3.05, 3.63) is 53.6 Å². The number of nitrogens with two attached hydrogens (primary N) is 2. The van der Waals surface area contributed by atoms with Crippen LogP contribution in [0.2, 0.25) is 0 Å². The fourth-order valence-corrected chi connectivity index (χ4v) is 3.35. The van der Waals surface area contributed by atoms with Crippen LogP contribution in [-0.2, 0) is 16.3 Å². The van der Waals surface area contributed by atoms with Gasteiger partial charge in [-0.05, 0) is 29.7 Å². The molecule has 24 heavy (non-hydrogen) atoms. The van der Waals surface area contributed by atoms with Crippen LogP contribution in [0.3, 0.4) is 0 Å². The number of aryl methyl sites for hydroxylation is 1. The van der Waals surface area contributed by atoms with Crippen molar-refractivity contribution in [3.63, 3.8) is 0 Å². The molecule has 0 saturated heterocycles. The van der Waals surface area contributed by atoms with E-state index in [0.717, 1.165) is 11.8 Å². The van der Waals surface area contributed by atoms with Crippen LogP contribution in [0, 0.1) is 0 Å². The number of hydrogen-bond donors (Lipinski definition) is 2. The van der Waals surface area contributed by atoms with Gasteiger partial charge in [0.25, 0.3) is 5.91 Å². The van der Waals surface area contributed by atoms with E-state index in [1.54, 1.807) is 6.07 Å². The summed E-state index contributed by atoms with van der Waals surface area (Å²) in [5.74, 6) is -1.02. The smallest absolute Gasteiger partial charge is 0.280 e. The molecule has 4 N–H and O–H groups in total. The van der Waals surface area contributed by atoms with Crippen LogP contribution in [0.15, 0.2) is 52.4 Å². The molecule has 0 bridgehead atoms. The number of sulfone groups is 1. The van der Waals surface area contributed by atoms with E-state index in [9.17, 15) is 13.2 Å². The van der Waals surface area contributed by atoms with Gasteiger partial charge in [0.2, 0.25) is 0 Å². The van der Waals surface area contributed by atoms with E-state index in [2.05, 4.69) is 4.99 Å². The van der Waals surface area contributed by atoms with Crippen LogP contribution in [-0.4, -0.2) is 26.5 Å². The lowest BCUT2D eigenvalue weighted by Gasteiger charge is -2.13. The Hall–Kier alpha value is -2.67. The maximum atomic E-state index is 12.2. The first-order valence-electron chi connectivity index (χ1n) is 7.30. The van der Waals surface area contributed by atoms with Crippen molar-refractivity contribution in [2.24, 2.45) is 16.5 Å². The van der Waals surface area contributed by atoms with Gasteiger partial charge in [-0.3, -0.25) is 4.79 Å². The van der Waals surface area contributed by atoms with Gasteiger partial charge < -0.3 is 11.5 Å². The number of guanidine groups is 1. The molecule has 0 aliphatic carbocycles. The normalized spacial score (nSPS) is 11.1. The van der Waals surface area contributed by atoms with Crippen molar-refractivity contribution in [2.45, 2.75) is 18.2 Å². The van der Waals surface area contributed by atoms with Crippen LogP contribution in [0.1, 0.15) is 22.8 Å². The number of hydrogen-bond acceptors (Lipinski definition) is 3. The second-order valence-electron chi connectivity index (χ2n) is 5.34. The fourth-order valence-electron chi connectivity index (χ4n) is 2.44. The first kappa shape index (κ1) is 17.7. The average molecular weight is 345 g/mol. The van der Waals surface area contributed by atoms with Crippen LogP contribution in [0.5, 0.6) is 0 Å². The van der Waals surface area contributed by atoms with Crippen molar-refractivity contribution in [3.8, 4) is 11.1 Å². The summed E-state index contributed by atoms with van der Waals surface area (Å²) in [5, 5.41) is 0. The second-order valence-corrected chi connectivity index (χ2v) is 7.32. The van der Waals surface area contributed by atoms with Crippen LogP contribution in [0.4, 0.5) is 0 Å². The molecule has 0 aliphatic heterocycles. The van der Waals surface area contributed by atoms with E-state index >= 15 is 0 Å². The molecule has 0 atom stereocenters. The molecule has 0 aromatic heterocycles. The third-order valence-corrected chi connectivity index (χ3v) is 4.67. The number of carbonyl (C=O) groups excluding carboxylic acids is 1. The Labute approximate surface area is 141 Å². The predicted octanol–water partition coefficient (Wildman–Crippen LogP) is 1.73. The molecule has 7 heteroatoms. The number of aliphatic imine (C=N–C) groups is 1. The van der Waals surface area contributed by atoms with Gasteiger partial charge in [0.15, 0.2) is 15.8 Å². The molecule has 0 unspecified atom stereocenters. The van der Waals surface area contributed by atoms with E-state index in [0.29, 0.717) is 17.5 Å². The lowest BCUT2D eigenvalue weighted by Crippen LogP contribution is -2.24. The number of benzene rings is 2. The van der Waals surface area contributed by atoms with Crippen LogP contribution in [0.25, 0.3) is 11.1 Å². The molecule has 2 rings (SSSR count). The Morgan fingerprint density at radius 3 is 2.25 bits per heavy atom. The lowest BCUT2D eigenvalue weighted by molar-refractivity contribution is 0.100. The molecule has 2 aromatic rings. The first-order valence-corrected chi connectivity index (χ1v) is 9.19. The Bertz CT molecular complexity index is 900. The molecule has 0 radical (unpaired) electrons. The highest BCUT2D eigenvalue weighted by molar-refractivity contribution is 7.90. The van der Waals surface area contributed by atoms with Gasteiger partial charge in [-0.2, -0.15) is 4.99 Å². The number of carbonyl (C=O) groups is 1. The Balaban J connectivity index is 2.79. The highest BCUT2D eigenvalue weighted by atomic mass is 32.2. The topological polar surface area (TPSA) is 116 Å². The summed E-state index contributed by atoms with van der Waals surface area (Å²) in [7, 11) is -3.55. The zero-order valence-electron chi connectivity index (χ0n) is 13.5. The molecule has 0 saturated carbocycles. The van der Waals surface area contributed by atoms with Crippen molar-refractivity contribution in [1.82, 2.24) is 0 Å². The maximum Gasteiger partial charge on any atom is 0.280 e. The monoisotopic (exact) mass is 345 g/mol. The fraction of sp³-hybridized carbons (Fsp3) is 0.176. The van der Waals surface area contributed by atoms with Crippen molar-refractivity contribution < 1.29 is 13.2 Å². The third kappa shape index (κ3) is 3.80. The van der Waals surface area contributed by atoms with Gasteiger partial charge in [-0.25, -0.2) is 8.42 Å². The minimum atomic E-state index is -3.55. The van der Waals surface area contributed by atoms with Crippen molar-refractivity contribution >= 4 is 21.7 Å². The predicted molar refractivity (Wildman–Crippen MR) is 94.5 cm³/mol. The van der Waals surface area contributed by atoms with Gasteiger partial charge in [-0.15, -0.1) is 0 Å². The Morgan fingerprint density at radius 2 is 1.75 bits per heavy atom. The summed E-state index contributed by atoms with van der Waals surface area (Å²) < 4.78 is 24.5. The standard InChI is InChI=1S/C17H19N3O3S/c1-3-11-9-13(12-7-5-4-6-8-12)15(24(2,22)23)10-14(11)16(21)20-17(18)19/h4-10H,3H2,1-2H3,(H4,18,19,20,21). The Kier molecular flexibility index (Phi) is 5.04. The largest absolute Gasteiger partial charge is 0.370 e. The number of rotatable bonds is 4. The molecule has 2 aromatic carbocycles. The third-order valence-electron chi connectivity index (χ3n) is 3.53. The molecule has 0 spiro atoms. The summed E-state index contributed by atoms with van der Waals surface area (Å²) in [6.07, 6.45) is 1.64. The minimum absolute atomic E-state index is 0.0695. The molecular weight excluding hydrogens is 326 g/mol. The second kappa shape index (κ2) is 6.84. The molecular formula is C17H19N3O3S. The lowest BCUT2D eigenvalue weighted by atomic mass is 9.97. The maximum absolute atomic E-state index is 12.2. The molecule has 126 valence electrons. The van der Waals surface area contributed by atoms with Gasteiger partial charge in [0.05, 0.1) is 4.90 Å². The van der Waals surface area contributed by atoms with Crippen molar-refractivity contribution in [2.75, 3.05) is 6.26 Å². The van der Waals surface area contributed by atoms with Gasteiger partial charge in [-0.1, -0.05) is 37.3 Å². The molecule has 0 fully saturated rings. The van der Waals surface area contributed by atoms with Gasteiger partial charge in [0, 0.05) is 17.4 Å². The first-order chi connectivity index (χ1) is 11.2. The van der Waals surface area contributed by atoms with Gasteiger partial charge >= 0.3 is 0 Å². The van der Waals surface area contributed by atoms with E-state index < -0.39 is 15.7 Å². The zero-order chi connectivity index (χ0) is 17.9. The van der Waals surface area contributed by atoms with E-state index in [1.165, 1.54) is 6.07 Å². The summed E-state index contributed by atoms with van der Waals surface area (Å²) in [4.78, 5) is 15.8. The quantitative estimate of drug-likeness (QED) is 0.647. The average Bonchev–Trinajstić information content (AvgIpc) is 2.52. The highest BCUT2D eigenvalue weighted by Gasteiger charge is 2.21. The highest BCUT2D eigenvalue weighted by Crippen LogP contribution is 2.31. The summed E-state index contributed by atoms with van der Waals surface area (Å²) in [6, 6.07) is 12.2. The van der Waals surface area contributed by atoms with Crippen LogP contribution >= 0.6 is 0 Å². The van der Waals surface area contributed by atoms with Crippen molar-refractivity contribution in [1.29, 1.82) is 0 Å². The summed E-state index contributed by atoms with van der Waals surface area (Å²) in [6.45, 7) is 1.87. The molecule has 0 heterocycles. The number of nitrogens with zero attached hydrogens (tertiary/aromatic N) is 1. The van der Waals surface area contributed by atoms with Crippen LogP contribution < -0.4 is 11.5 Å². The molecule has 6 nitrogen and oxygen atoms in total. The van der Waals surface area contributed by atoms with E-state index in [1.807, 2.05) is 37.3 Å². The van der Waals surface area contributed by atoms with E-state index in [-0.39, 0.29) is 16.4 Å². The summed E-state index contributed by atoms with van der Waals surface area (Å²) >= 11 is 0. The molecule has 1 amide bonds. The van der Waals surface area contributed by atoms with Gasteiger partial charge in [0.1, 0.15) is 0 Å². The van der Waals surface area contributed by atoms with E-state index in [4.69, 9.17) is 11.5 Å². The molecule has 0 aliphatic rings. The summed E-state index contributed by atoms with van der Waals surface area (Å²) in [5.41, 5.74) is 12.7. The number of amides is 1. The Morgan fingerprint density at radius 1 is 1.12 bits per heavy atom.